The summed E-state index contributed by atoms with van der Waals surface area (Å²) in [7, 11) is 0. The second-order valence-electron chi connectivity index (χ2n) is 8.58. The zero-order chi connectivity index (χ0) is 23.6. The number of hydrogen-bond acceptors (Lipinski definition) is 2. The van der Waals surface area contributed by atoms with Gasteiger partial charge >= 0.3 is 0 Å². The second-order valence-corrected chi connectivity index (χ2v) is 8.58. The Bertz CT molecular complexity index is 1170. The lowest BCUT2D eigenvalue weighted by atomic mass is 10.2. The van der Waals surface area contributed by atoms with E-state index >= 15 is 4.39 Å². The van der Waals surface area contributed by atoms with Gasteiger partial charge in [0.15, 0.2) is 0 Å². The molecule has 174 valence electrons. The molecule has 4 rings (SSSR count). The lowest BCUT2D eigenvalue weighted by molar-refractivity contribution is 0.255. The van der Waals surface area contributed by atoms with E-state index in [1.807, 2.05) is 72.9 Å². The van der Waals surface area contributed by atoms with Gasteiger partial charge in [0.05, 0.1) is 18.4 Å². The Morgan fingerprint density at radius 3 is 2.21 bits per heavy atom. The van der Waals surface area contributed by atoms with Crippen LogP contribution in [0.4, 0.5) is 4.39 Å². The van der Waals surface area contributed by atoms with Gasteiger partial charge in [-0.1, -0.05) is 104 Å². The van der Waals surface area contributed by atoms with Gasteiger partial charge in [-0.05, 0) is 23.6 Å². The van der Waals surface area contributed by atoms with Gasteiger partial charge < -0.3 is 4.57 Å². The van der Waals surface area contributed by atoms with E-state index in [-0.39, 0.29) is 12.4 Å². The first-order chi connectivity index (χ1) is 16.7. The maximum Gasteiger partial charge on any atom is 0.140 e. The first-order valence-electron chi connectivity index (χ1n) is 12.0. The van der Waals surface area contributed by atoms with Crippen LogP contribution in [0.15, 0.2) is 103 Å². The molecule has 1 heterocycles. The fraction of sp³-hybridized carbons (Fsp3) is 0.233. The number of halogens is 1. The van der Waals surface area contributed by atoms with Gasteiger partial charge in [-0.15, -0.1) is 0 Å². The number of benzene rings is 3. The standard InChI is InChI=1S/C30H32FN3/c1-2-3-19-34-29(21-32-30(34)27-17-11-6-12-18-27)24-33(22-26-15-9-5-10-16-26)23-28(31)20-25-13-7-4-8-14-25/h4-18,20-21H,2-3,19,22-24H2,1H3/b28-20+. The van der Waals surface area contributed by atoms with Gasteiger partial charge in [0.1, 0.15) is 11.7 Å². The zero-order valence-corrected chi connectivity index (χ0v) is 19.8. The number of aromatic nitrogens is 2. The topological polar surface area (TPSA) is 21.1 Å². The third kappa shape index (κ3) is 6.52. The Morgan fingerprint density at radius 2 is 1.53 bits per heavy atom. The fourth-order valence-electron chi connectivity index (χ4n) is 4.15. The molecule has 3 aromatic carbocycles. The Hall–Kier alpha value is -3.50. The molecule has 4 heteroatoms. The smallest absolute Gasteiger partial charge is 0.140 e. The molecule has 0 saturated carbocycles. The highest BCUT2D eigenvalue weighted by Crippen LogP contribution is 2.23. The summed E-state index contributed by atoms with van der Waals surface area (Å²) in [6.07, 6.45) is 5.76. The van der Waals surface area contributed by atoms with Crippen LogP contribution in [0.5, 0.6) is 0 Å². The average molecular weight is 454 g/mol. The molecule has 0 atom stereocenters. The van der Waals surface area contributed by atoms with E-state index in [0.717, 1.165) is 47.6 Å². The van der Waals surface area contributed by atoms with E-state index in [4.69, 9.17) is 4.98 Å². The fourth-order valence-corrected chi connectivity index (χ4v) is 4.15. The summed E-state index contributed by atoms with van der Waals surface area (Å²) < 4.78 is 17.4. The Labute approximate surface area is 202 Å². The lowest BCUT2D eigenvalue weighted by Gasteiger charge is -2.23. The van der Waals surface area contributed by atoms with Gasteiger partial charge in [-0.2, -0.15) is 0 Å². The van der Waals surface area contributed by atoms with E-state index < -0.39 is 0 Å². The van der Waals surface area contributed by atoms with Crippen LogP contribution in [-0.2, 0) is 19.6 Å². The summed E-state index contributed by atoms with van der Waals surface area (Å²) in [5.74, 6) is 0.828. The van der Waals surface area contributed by atoms with E-state index in [1.165, 1.54) is 0 Å². The number of hydrogen-bond donors (Lipinski definition) is 0. The number of imidazole rings is 1. The predicted molar refractivity (Wildman–Crippen MR) is 139 cm³/mol. The van der Waals surface area contributed by atoms with Crippen molar-refractivity contribution in [3.63, 3.8) is 0 Å². The molecule has 0 aliphatic carbocycles. The molecule has 0 spiro atoms. The Morgan fingerprint density at radius 1 is 0.882 bits per heavy atom. The molecule has 0 aliphatic rings. The van der Waals surface area contributed by atoms with Crippen LogP contribution in [0.2, 0.25) is 0 Å². The van der Waals surface area contributed by atoms with Crippen LogP contribution in [0.3, 0.4) is 0 Å². The Balaban J connectivity index is 1.61. The monoisotopic (exact) mass is 453 g/mol. The quantitative estimate of drug-likeness (QED) is 0.236. The molecule has 4 aromatic rings. The average Bonchev–Trinajstić information content (AvgIpc) is 3.26. The summed E-state index contributed by atoms with van der Waals surface area (Å²) in [6, 6.07) is 30.2. The van der Waals surface area contributed by atoms with Gasteiger partial charge in [0.2, 0.25) is 0 Å². The molecule has 3 nitrogen and oxygen atoms in total. The molecule has 0 amide bonds. The first-order valence-corrected chi connectivity index (χ1v) is 12.0. The minimum absolute atomic E-state index is 0.148. The number of rotatable bonds is 11. The van der Waals surface area contributed by atoms with E-state index in [9.17, 15) is 0 Å². The molecule has 0 fully saturated rings. The van der Waals surface area contributed by atoms with Crippen LogP contribution < -0.4 is 0 Å². The van der Waals surface area contributed by atoms with Crippen molar-refractivity contribution in [2.24, 2.45) is 0 Å². The third-order valence-electron chi connectivity index (χ3n) is 5.84. The second kappa shape index (κ2) is 12.1. The van der Waals surface area contributed by atoms with E-state index in [2.05, 4.69) is 40.7 Å². The molecule has 0 saturated heterocycles. The maximum absolute atomic E-state index is 15.1. The molecular formula is C30H32FN3. The zero-order valence-electron chi connectivity index (χ0n) is 19.8. The summed E-state index contributed by atoms with van der Waals surface area (Å²) in [4.78, 5) is 6.93. The van der Waals surface area contributed by atoms with Crippen molar-refractivity contribution >= 4 is 6.08 Å². The van der Waals surface area contributed by atoms with Crippen molar-refractivity contribution in [2.75, 3.05) is 6.54 Å². The third-order valence-corrected chi connectivity index (χ3v) is 5.84. The highest BCUT2D eigenvalue weighted by Gasteiger charge is 2.16. The van der Waals surface area contributed by atoms with Crippen LogP contribution in [0, 0.1) is 0 Å². The van der Waals surface area contributed by atoms with E-state index in [1.54, 1.807) is 6.08 Å². The normalized spacial score (nSPS) is 11.8. The largest absolute Gasteiger partial charge is 0.327 e. The first kappa shape index (κ1) is 23.7. The maximum atomic E-state index is 15.1. The predicted octanol–water partition coefficient (Wildman–Crippen LogP) is 7.36. The summed E-state index contributed by atoms with van der Waals surface area (Å²) in [5, 5.41) is 0. The number of unbranched alkanes of at least 4 members (excludes halogenated alkanes) is 1. The summed E-state index contributed by atoms with van der Waals surface area (Å²) in [5.41, 5.74) is 4.25. The SMILES string of the molecule is CCCCn1c(CN(C/C(F)=C\c2ccccc2)Cc2ccccc2)cnc1-c1ccccc1. The van der Waals surface area contributed by atoms with Gasteiger partial charge in [0.25, 0.3) is 0 Å². The Kier molecular flexibility index (Phi) is 8.42. The molecule has 34 heavy (non-hydrogen) atoms. The van der Waals surface area contributed by atoms with Crippen LogP contribution in [-0.4, -0.2) is 21.0 Å². The minimum atomic E-state index is -0.148. The lowest BCUT2D eigenvalue weighted by Crippen LogP contribution is -2.26. The minimum Gasteiger partial charge on any atom is -0.327 e. The molecule has 0 aliphatic heterocycles. The number of nitrogens with zero attached hydrogens (tertiary/aromatic N) is 3. The van der Waals surface area contributed by atoms with E-state index in [0.29, 0.717) is 13.1 Å². The molecule has 1 aromatic heterocycles. The van der Waals surface area contributed by atoms with Gasteiger partial charge in [-0.25, -0.2) is 9.37 Å². The molecule has 0 bridgehead atoms. The van der Waals surface area contributed by atoms with Crippen LogP contribution >= 0.6 is 0 Å². The summed E-state index contributed by atoms with van der Waals surface area (Å²) >= 11 is 0. The highest BCUT2D eigenvalue weighted by molar-refractivity contribution is 5.56. The summed E-state index contributed by atoms with van der Waals surface area (Å²) in [6.45, 7) is 4.62. The van der Waals surface area contributed by atoms with Crippen LogP contribution in [0.1, 0.15) is 36.6 Å². The highest BCUT2D eigenvalue weighted by atomic mass is 19.1. The molecule has 0 unspecified atom stereocenters. The van der Waals surface area contributed by atoms with Crippen LogP contribution in [0.25, 0.3) is 17.5 Å². The van der Waals surface area contributed by atoms with Gasteiger partial charge in [-0.3, -0.25) is 4.90 Å². The molecular weight excluding hydrogens is 421 g/mol. The van der Waals surface area contributed by atoms with Crippen molar-refractivity contribution in [1.82, 2.24) is 14.5 Å². The molecule has 0 N–H and O–H groups in total. The van der Waals surface area contributed by atoms with Crippen molar-refractivity contribution < 1.29 is 4.39 Å². The van der Waals surface area contributed by atoms with Crippen molar-refractivity contribution in [2.45, 2.75) is 39.4 Å². The van der Waals surface area contributed by atoms with Crippen molar-refractivity contribution in [3.8, 4) is 11.4 Å². The molecule has 0 radical (unpaired) electrons. The van der Waals surface area contributed by atoms with Crippen molar-refractivity contribution in [3.05, 3.63) is 120 Å². The van der Waals surface area contributed by atoms with Crippen molar-refractivity contribution in [1.29, 1.82) is 0 Å². The van der Waals surface area contributed by atoms with Gasteiger partial charge in [0, 0.05) is 25.2 Å².